The minimum Gasteiger partial charge on any atom is -0.365 e. The second kappa shape index (κ2) is 7.42. The Morgan fingerprint density at radius 3 is 2.35 bits per heavy atom. The molecule has 5 heteroatoms. The highest BCUT2D eigenvalue weighted by atomic mass is 15.2. The zero-order chi connectivity index (χ0) is 16.9. The normalized spacial score (nSPS) is 11.6. The van der Waals surface area contributed by atoms with Crippen molar-refractivity contribution in [2.45, 2.75) is 26.3 Å². The lowest BCUT2D eigenvalue weighted by Crippen LogP contribution is -2.27. The summed E-state index contributed by atoms with van der Waals surface area (Å²) in [4.78, 5) is 11.4. The van der Waals surface area contributed by atoms with Crippen LogP contribution < -0.4 is 10.6 Å². The lowest BCUT2D eigenvalue weighted by Gasteiger charge is -2.22. The number of aromatic nitrogens is 2. The summed E-state index contributed by atoms with van der Waals surface area (Å²) in [6, 6.07) is 12.2. The third-order valence-corrected chi connectivity index (χ3v) is 3.14. The molecule has 0 spiro atoms. The second-order valence-electron chi connectivity index (χ2n) is 6.93. The van der Waals surface area contributed by atoms with Crippen LogP contribution in [-0.2, 0) is 0 Å². The van der Waals surface area contributed by atoms with Gasteiger partial charge in [-0.05, 0) is 34.9 Å². The molecule has 0 bridgehead atoms. The molecule has 5 nitrogen and oxygen atoms in total. The topological polar surface area (TPSA) is 53.1 Å². The van der Waals surface area contributed by atoms with Crippen molar-refractivity contribution in [1.82, 2.24) is 14.9 Å². The van der Waals surface area contributed by atoms with Crippen LogP contribution in [0.4, 0.5) is 11.8 Å². The van der Waals surface area contributed by atoms with Gasteiger partial charge >= 0.3 is 0 Å². The molecule has 0 unspecified atom stereocenters. The van der Waals surface area contributed by atoms with Crippen LogP contribution in [0.2, 0.25) is 0 Å². The van der Waals surface area contributed by atoms with Crippen LogP contribution in [0, 0.1) is 0 Å². The van der Waals surface area contributed by atoms with Crippen LogP contribution in [0.25, 0.3) is 11.3 Å². The zero-order valence-corrected chi connectivity index (χ0v) is 14.7. The van der Waals surface area contributed by atoms with Gasteiger partial charge < -0.3 is 15.5 Å². The van der Waals surface area contributed by atoms with E-state index in [2.05, 4.69) is 72.5 Å². The number of nitrogens with one attached hydrogen (secondary N) is 2. The molecule has 1 aromatic carbocycles. The summed E-state index contributed by atoms with van der Waals surface area (Å²) in [6.45, 7) is 8.10. The molecule has 23 heavy (non-hydrogen) atoms. The lowest BCUT2D eigenvalue weighted by atomic mass is 10.1. The van der Waals surface area contributed by atoms with E-state index in [1.807, 2.05) is 24.3 Å². The minimum atomic E-state index is -0.0524. The summed E-state index contributed by atoms with van der Waals surface area (Å²) < 4.78 is 0. The molecule has 0 aliphatic rings. The zero-order valence-electron chi connectivity index (χ0n) is 14.7. The number of hydrogen-bond donors (Lipinski definition) is 2. The molecular weight excluding hydrogens is 286 g/mol. The SMILES string of the molecule is CN(C)CCNc1nc(NC(C)(C)C)cc(-c2ccccc2)n1. The van der Waals surface area contributed by atoms with Crippen molar-refractivity contribution in [2.75, 3.05) is 37.8 Å². The van der Waals surface area contributed by atoms with E-state index in [-0.39, 0.29) is 5.54 Å². The van der Waals surface area contributed by atoms with Crippen LogP contribution >= 0.6 is 0 Å². The summed E-state index contributed by atoms with van der Waals surface area (Å²) in [5.74, 6) is 1.48. The molecule has 0 aliphatic heterocycles. The van der Waals surface area contributed by atoms with Gasteiger partial charge in [0, 0.05) is 30.3 Å². The van der Waals surface area contributed by atoms with E-state index in [0.29, 0.717) is 5.95 Å². The highest BCUT2D eigenvalue weighted by molar-refractivity contribution is 5.64. The van der Waals surface area contributed by atoms with E-state index in [1.54, 1.807) is 0 Å². The molecule has 1 aromatic heterocycles. The van der Waals surface area contributed by atoms with Crippen LogP contribution in [0.15, 0.2) is 36.4 Å². The van der Waals surface area contributed by atoms with Gasteiger partial charge in [-0.15, -0.1) is 0 Å². The standard InChI is InChI=1S/C18H27N5/c1-18(2,3)22-16-13-15(14-9-7-6-8-10-14)20-17(21-16)19-11-12-23(4)5/h6-10,13H,11-12H2,1-5H3,(H2,19,20,21,22). The Hall–Kier alpha value is -2.14. The van der Waals surface area contributed by atoms with Crippen LogP contribution in [0.5, 0.6) is 0 Å². The fourth-order valence-electron chi connectivity index (χ4n) is 2.12. The Morgan fingerprint density at radius 1 is 1.04 bits per heavy atom. The Balaban J connectivity index is 2.28. The van der Waals surface area contributed by atoms with Gasteiger partial charge in [-0.25, -0.2) is 4.98 Å². The van der Waals surface area contributed by atoms with Crippen molar-refractivity contribution in [2.24, 2.45) is 0 Å². The van der Waals surface area contributed by atoms with Crippen molar-refractivity contribution in [3.63, 3.8) is 0 Å². The molecule has 2 rings (SSSR count). The van der Waals surface area contributed by atoms with Gasteiger partial charge in [-0.1, -0.05) is 30.3 Å². The number of anilines is 2. The largest absolute Gasteiger partial charge is 0.365 e. The maximum atomic E-state index is 4.65. The predicted octanol–water partition coefficient (Wildman–Crippen LogP) is 3.33. The van der Waals surface area contributed by atoms with Crippen molar-refractivity contribution in [1.29, 1.82) is 0 Å². The van der Waals surface area contributed by atoms with Crippen molar-refractivity contribution >= 4 is 11.8 Å². The number of benzene rings is 1. The third kappa shape index (κ3) is 5.87. The second-order valence-corrected chi connectivity index (χ2v) is 6.93. The highest BCUT2D eigenvalue weighted by Crippen LogP contribution is 2.23. The smallest absolute Gasteiger partial charge is 0.225 e. The number of hydrogen-bond acceptors (Lipinski definition) is 5. The molecule has 0 saturated heterocycles. The maximum absolute atomic E-state index is 4.65. The summed E-state index contributed by atoms with van der Waals surface area (Å²) in [5.41, 5.74) is 1.95. The maximum Gasteiger partial charge on any atom is 0.225 e. The quantitative estimate of drug-likeness (QED) is 0.857. The van der Waals surface area contributed by atoms with Gasteiger partial charge in [-0.2, -0.15) is 4.98 Å². The van der Waals surface area contributed by atoms with E-state index >= 15 is 0 Å². The van der Waals surface area contributed by atoms with Gasteiger partial charge in [0.2, 0.25) is 5.95 Å². The van der Waals surface area contributed by atoms with Gasteiger partial charge in [0.1, 0.15) is 5.82 Å². The average molecular weight is 313 g/mol. The van der Waals surface area contributed by atoms with Gasteiger partial charge in [0.05, 0.1) is 5.69 Å². The third-order valence-electron chi connectivity index (χ3n) is 3.14. The van der Waals surface area contributed by atoms with Crippen molar-refractivity contribution < 1.29 is 0 Å². The Morgan fingerprint density at radius 2 is 1.74 bits per heavy atom. The molecule has 0 fully saturated rings. The van der Waals surface area contributed by atoms with Gasteiger partial charge in [0.25, 0.3) is 0 Å². The lowest BCUT2D eigenvalue weighted by molar-refractivity contribution is 0.425. The number of rotatable bonds is 6. The first-order valence-corrected chi connectivity index (χ1v) is 7.95. The van der Waals surface area contributed by atoms with Crippen LogP contribution in [-0.4, -0.2) is 47.6 Å². The Labute approximate surface area is 139 Å². The first-order valence-electron chi connectivity index (χ1n) is 7.95. The molecule has 0 amide bonds. The number of likely N-dealkylation sites (N-methyl/N-ethyl adjacent to an activating group) is 1. The molecule has 2 N–H and O–H groups in total. The molecule has 2 aromatic rings. The van der Waals surface area contributed by atoms with E-state index in [1.165, 1.54) is 0 Å². The molecule has 0 radical (unpaired) electrons. The van der Waals surface area contributed by atoms with Gasteiger partial charge in [0.15, 0.2) is 0 Å². The Kier molecular flexibility index (Phi) is 5.55. The monoisotopic (exact) mass is 313 g/mol. The molecule has 0 saturated carbocycles. The average Bonchev–Trinajstić information content (AvgIpc) is 2.46. The van der Waals surface area contributed by atoms with Crippen LogP contribution in [0.1, 0.15) is 20.8 Å². The number of nitrogens with zero attached hydrogens (tertiary/aromatic N) is 3. The summed E-state index contributed by atoms with van der Waals surface area (Å²) in [5, 5.41) is 6.74. The Bertz CT molecular complexity index is 617. The molecule has 1 heterocycles. The molecule has 0 atom stereocenters. The van der Waals surface area contributed by atoms with E-state index < -0.39 is 0 Å². The fraction of sp³-hybridized carbons (Fsp3) is 0.444. The van der Waals surface area contributed by atoms with E-state index in [9.17, 15) is 0 Å². The molecular formula is C18H27N5. The predicted molar refractivity (Wildman–Crippen MR) is 97.9 cm³/mol. The van der Waals surface area contributed by atoms with E-state index in [4.69, 9.17) is 0 Å². The van der Waals surface area contributed by atoms with Crippen molar-refractivity contribution in [3.05, 3.63) is 36.4 Å². The highest BCUT2D eigenvalue weighted by Gasteiger charge is 2.13. The van der Waals surface area contributed by atoms with E-state index in [0.717, 1.165) is 30.2 Å². The first-order chi connectivity index (χ1) is 10.8. The molecule has 0 aliphatic carbocycles. The molecule has 124 valence electrons. The van der Waals surface area contributed by atoms with Crippen LogP contribution in [0.3, 0.4) is 0 Å². The summed E-state index contributed by atoms with van der Waals surface area (Å²) in [7, 11) is 4.10. The van der Waals surface area contributed by atoms with Gasteiger partial charge in [-0.3, -0.25) is 0 Å². The summed E-state index contributed by atoms with van der Waals surface area (Å²) >= 11 is 0. The summed E-state index contributed by atoms with van der Waals surface area (Å²) in [6.07, 6.45) is 0. The fourth-order valence-corrected chi connectivity index (χ4v) is 2.12. The van der Waals surface area contributed by atoms with Crippen molar-refractivity contribution in [3.8, 4) is 11.3 Å². The first kappa shape index (κ1) is 17.2. The minimum absolute atomic E-state index is 0.0524.